The number of aliphatic hydroxyl groups is 1. The minimum absolute atomic E-state index is 0. The Balaban J connectivity index is 0.00000169. The topological polar surface area (TPSA) is 70.0 Å². The molecule has 0 bridgehead atoms. The van der Waals surface area contributed by atoms with E-state index in [0.29, 0.717) is 12.0 Å². The number of nitrogens with two attached hydrogens (primary N) is 1. The molecule has 1 aromatic rings. The summed E-state index contributed by atoms with van der Waals surface area (Å²) in [5.74, 6) is 0. The van der Waals surface area contributed by atoms with Crippen molar-refractivity contribution in [1.29, 1.82) is 5.26 Å². The lowest BCUT2D eigenvalue weighted by molar-refractivity contribution is 0.276. The first-order chi connectivity index (χ1) is 6.29. The highest BCUT2D eigenvalue weighted by Gasteiger charge is 2.08. The van der Waals surface area contributed by atoms with Gasteiger partial charge < -0.3 is 10.8 Å². The molecule has 0 radical (unpaired) electrons. The van der Waals surface area contributed by atoms with Crippen LogP contribution in [0, 0.1) is 11.3 Å². The van der Waals surface area contributed by atoms with Gasteiger partial charge in [0.15, 0.2) is 0 Å². The van der Waals surface area contributed by atoms with E-state index in [0.717, 1.165) is 5.56 Å². The summed E-state index contributed by atoms with van der Waals surface area (Å²) in [6.45, 7) is 0.0426. The van der Waals surface area contributed by atoms with Crippen LogP contribution in [0.4, 0.5) is 0 Å². The second kappa shape index (κ2) is 6.39. The number of benzene rings is 1. The molecule has 0 aliphatic rings. The fourth-order valence-corrected chi connectivity index (χ4v) is 1.22. The first kappa shape index (κ1) is 12.9. The average molecular weight is 213 g/mol. The van der Waals surface area contributed by atoms with Crippen LogP contribution in [0.3, 0.4) is 0 Å². The molecule has 3 nitrogen and oxygen atoms in total. The Morgan fingerprint density at radius 1 is 1.43 bits per heavy atom. The molecule has 76 valence electrons. The molecule has 0 heterocycles. The monoisotopic (exact) mass is 212 g/mol. The molecule has 0 aromatic heterocycles. The Hall–Kier alpha value is -1.08. The molecule has 0 unspecified atom stereocenters. The van der Waals surface area contributed by atoms with E-state index in [-0.39, 0.29) is 25.1 Å². The third kappa shape index (κ3) is 3.00. The maximum atomic E-state index is 8.77. The molecule has 0 fully saturated rings. The number of aliphatic hydroxyl groups excluding tert-OH is 1. The quantitative estimate of drug-likeness (QED) is 0.795. The number of hydrogen-bond donors (Lipinski definition) is 2. The van der Waals surface area contributed by atoms with E-state index in [2.05, 4.69) is 6.07 Å². The lowest BCUT2D eigenvalue weighted by atomic mass is 10.00. The summed E-state index contributed by atoms with van der Waals surface area (Å²) in [4.78, 5) is 0. The lowest BCUT2D eigenvalue weighted by Crippen LogP contribution is -2.13. The highest BCUT2D eigenvalue weighted by molar-refractivity contribution is 5.85. The van der Waals surface area contributed by atoms with Crippen LogP contribution < -0.4 is 5.73 Å². The second-order valence-electron chi connectivity index (χ2n) is 2.82. The molecule has 0 aliphatic heterocycles. The summed E-state index contributed by atoms with van der Waals surface area (Å²) in [7, 11) is 0. The van der Waals surface area contributed by atoms with Crippen LogP contribution in [0.5, 0.6) is 0 Å². The van der Waals surface area contributed by atoms with E-state index in [1.807, 2.05) is 12.1 Å². The highest BCUT2D eigenvalue weighted by atomic mass is 35.5. The molecule has 3 N–H and O–H groups in total. The zero-order chi connectivity index (χ0) is 9.68. The molecular formula is C10H13ClN2O. The van der Waals surface area contributed by atoms with Crippen molar-refractivity contribution in [3.05, 3.63) is 35.4 Å². The Morgan fingerprint density at radius 2 is 2.07 bits per heavy atom. The normalized spacial score (nSPS) is 11.2. The van der Waals surface area contributed by atoms with Gasteiger partial charge in [-0.2, -0.15) is 5.26 Å². The van der Waals surface area contributed by atoms with Gasteiger partial charge in [-0.15, -0.1) is 12.4 Å². The molecular weight excluding hydrogens is 200 g/mol. The van der Waals surface area contributed by atoms with Gasteiger partial charge in [-0.05, 0) is 18.1 Å². The van der Waals surface area contributed by atoms with Crippen LogP contribution in [-0.4, -0.2) is 11.7 Å². The average Bonchev–Trinajstić information content (AvgIpc) is 2.18. The van der Waals surface area contributed by atoms with Crippen molar-refractivity contribution >= 4 is 12.4 Å². The molecule has 0 aliphatic carbocycles. The smallest absolute Gasteiger partial charge is 0.0995 e. The van der Waals surface area contributed by atoms with Crippen molar-refractivity contribution < 1.29 is 5.11 Å². The van der Waals surface area contributed by atoms with Crippen molar-refractivity contribution in [3.8, 4) is 6.07 Å². The summed E-state index contributed by atoms with van der Waals surface area (Å²) in [6, 6.07) is 9.01. The Morgan fingerprint density at radius 3 is 2.64 bits per heavy atom. The van der Waals surface area contributed by atoms with Crippen LogP contribution in [-0.2, 0) is 0 Å². The molecule has 0 saturated heterocycles. The van der Waals surface area contributed by atoms with Gasteiger partial charge in [0, 0.05) is 12.6 Å². The summed E-state index contributed by atoms with van der Waals surface area (Å²) in [6.07, 6.45) is 0.485. The molecule has 1 atom stereocenters. The predicted octanol–water partition coefficient (Wildman–Crippen LogP) is 1.36. The van der Waals surface area contributed by atoms with Crippen LogP contribution in [0.15, 0.2) is 24.3 Å². The first-order valence-corrected chi connectivity index (χ1v) is 4.15. The van der Waals surface area contributed by atoms with Gasteiger partial charge in [-0.25, -0.2) is 0 Å². The van der Waals surface area contributed by atoms with Crippen molar-refractivity contribution in [1.82, 2.24) is 0 Å². The second-order valence-corrected chi connectivity index (χ2v) is 2.82. The van der Waals surface area contributed by atoms with Crippen molar-refractivity contribution in [2.24, 2.45) is 5.73 Å². The number of halogens is 1. The van der Waals surface area contributed by atoms with Crippen LogP contribution in [0.1, 0.15) is 23.6 Å². The first-order valence-electron chi connectivity index (χ1n) is 4.15. The fourth-order valence-electron chi connectivity index (χ4n) is 1.22. The number of nitrogens with zero attached hydrogens (tertiary/aromatic N) is 1. The number of hydrogen-bond acceptors (Lipinski definition) is 3. The van der Waals surface area contributed by atoms with Gasteiger partial charge in [-0.3, -0.25) is 0 Å². The largest absolute Gasteiger partial charge is 0.396 e. The molecule has 14 heavy (non-hydrogen) atoms. The van der Waals surface area contributed by atoms with Gasteiger partial charge in [0.05, 0.1) is 11.6 Å². The van der Waals surface area contributed by atoms with Crippen LogP contribution >= 0.6 is 12.4 Å². The van der Waals surface area contributed by atoms with E-state index in [4.69, 9.17) is 16.1 Å². The number of nitriles is 1. The lowest BCUT2D eigenvalue weighted by Gasteiger charge is -2.11. The van der Waals surface area contributed by atoms with E-state index in [1.54, 1.807) is 12.1 Å². The Kier molecular flexibility index (Phi) is 5.89. The highest BCUT2D eigenvalue weighted by Crippen LogP contribution is 2.17. The van der Waals surface area contributed by atoms with Gasteiger partial charge in [-0.1, -0.05) is 18.2 Å². The fraction of sp³-hybridized carbons (Fsp3) is 0.300. The summed E-state index contributed by atoms with van der Waals surface area (Å²) < 4.78 is 0. The van der Waals surface area contributed by atoms with Crippen molar-refractivity contribution in [2.45, 2.75) is 12.5 Å². The minimum atomic E-state index is -0.249. The summed E-state index contributed by atoms with van der Waals surface area (Å²) in [5, 5.41) is 17.5. The number of rotatable bonds is 3. The maximum Gasteiger partial charge on any atom is 0.0995 e. The predicted molar refractivity (Wildman–Crippen MR) is 57.0 cm³/mol. The third-order valence-corrected chi connectivity index (χ3v) is 1.92. The van der Waals surface area contributed by atoms with Gasteiger partial charge in [0.25, 0.3) is 0 Å². The third-order valence-electron chi connectivity index (χ3n) is 1.92. The van der Waals surface area contributed by atoms with Crippen molar-refractivity contribution in [3.63, 3.8) is 0 Å². The van der Waals surface area contributed by atoms with E-state index < -0.39 is 0 Å². The Labute approximate surface area is 89.6 Å². The van der Waals surface area contributed by atoms with Gasteiger partial charge in [0.1, 0.15) is 0 Å². The minimum Gasteiger partial charge on any atom is -0.396 e. The maximum absolute atomic E-state index is 8.77. The van der Waals surface area contributed by atoms with Crippen molar-refractivity contribution in [2.75, 3.05) is 6.61 Å². The van der Waals surface area contributed by atoms with Crippen LogP contribution in [0.2, 0.25) is 0 Å². The molecule has 0 spiro atoms. The standard InChI is InChI=1S/C10H12N2O.ClH/c11-7-8-3-1-2-4-9(8)10(12)5-6-13;/h1-4,10,13H,5-6,12H2;1H/t10-;/m1./s1. The molecule has 0 saturated carbocycles. The van der Waals surface area contributed by atoms with E-state index in [1.165, 1.54) is 0 Å². The SMILES string of the molecule is Cl.N#Cc1ccccc1[C@H](N)CCO. The van der Waals surface area contributed by atoms with Gasteiger partial charge >= 0.3 is 0 Å². The molecule has 4 heteroatoms. The van der Waals surface area contributed by atoms with Crippen LogP contribution in [0.25, 0.3) is 0 Å². The molecule has 1 aromatic carbocycles. The molecule has 1 rings (SSSR count). The zero-order valence-corrected chi connectivity index (χ0v) is 8.50. The summed E-state index contributed by atoms with van der Waals surface area (Å²) in [5.41, 5.74) is 7.16. The van der Waals surface area contributed by atoms with E-state index >= 15 is 0 Å². The summed E-state index contributed by atoms with van der Waals surface area (Å²) >= 11 is 0. The van der Waals surface area contributed by atoms with E-state index in [9.17, 15) is 0 Å². The van der Waals surface area contributed by atoms with Gasteiger partial charge in [0.2, 0.25) is 0 Å². The zero-order valence-electron chi connectivity index (χ0n) is 7.68. The molecule has 0 amide bonds. The Bertz CT molecular complexity index is 322.